The third-order valence-electron chi connectivity index (χ3n) is 5.92. The van der Waals surface area contributed by atoms with Gasteiger partial charge >= 0.3 is 0 Å². The molecule has 1 heteroatoms. The molecule has 2 aromatic carbocycles. The topological polar surface area (TPSA) is 9.23 Å². The van der Waals surface area contributed by atoms with Gasteiger partial charge in [-0.05, 0) is 70.9 Å². The van der Waals surface area contributed by atoms with Gasteiger partial charge in [0.2, 0.25) is 0 Å². The summed E-state index contributed by atoms with van der Waals surface area (Å²) in [6.07, 6.45) is 7.34. The van der Waals surface area contributed by atoms with Gasteiger partial charge in [0.05, 0.1) is 6.61 Å². The molecule has 3 aliphatic rings. The summed E-state index contributed by atoms with van der Waals surface area (Å²) < 4.78 is 5.68. The van der Waals surface area contributed by atoms with Gasteiger partial charge < -0.3 is 4.74 Å². The van der Waals surface area contributed by atoms with E-state index >= 15 is 0 Å². The summed E-state index contributed by atoms with van der Waals surface area (Å²) in [5.41, 5.74) is 5.85. The minimum absolute atomic E-state index is 0.789. The van der Waals surface area contributed by atoms with Crippen LogP contribution in [0.4, 0.5) is 0 Å². The van der Waals surface area contributed by atoms with Crippen molar-refractivity contribution in [1.29, 1.82) is 0 Å². The molecule has 3 aliphatic carbocycles. The zero-order valence-electron chi connectivity index (χ0n) is 13.5. The lowest BCUT2D eigenvalue weighted by molar-refractivity contribution is 0.317. The second-order valence-electron chi connectivity index (χ2n) is 7.22. The van der Waals surface area contributed by atoms with E-state index in [4.69, 9.17) is 4.74 Å². The van der Waals surface area contributed by atoms with E-state index in [1.54, 1.807) is 11.1 Å². The highest BCUT2D eigenvalue weighted by Crippen LogP contribution is 2.65. The van der Waals surface area contributed by atoms with Crippen LogP contribution in [0.1, 0.15) is 42.7 Å². The Labute approximate surface area is 138 Å². The highest BCUT2D eigenvalue weighted by molar-refractivity contribution is 5.68. The predicted octanol–water partition coefficient (Wildman–Crippen LogP) is 5.53. The normalized spacial score (nSPS) is 29.1. The lowest BCUT2D eigenvalue weighted by Crippen LogP contribution is -2.27. The Morgan fingerprint density at radius 3 is 2.30 bits per heavy atom. The van der Waals surface area contributed by atoms with Crippen molar-refractivity contribution in [2.45, 2.75) is 31.6 Å². The van der Waals surface area contributed by atoms with Crippen molar-refractivity contribution >= 4 is 0 Å². The molecule has 0 N–H and O–H groups in total. The van der Waals surface area contributed by atoms with Gasteiger partial charge in [-0.3, -0.25) is 0 Å². The first-order chi connectivity index (χ1) is 11.3. The molecule has 4 unspecified atom stereocenters. The highest BCUT2D eigenvalue weighted by Gasteiger charge is 2.52. The SMILES string of the molecule is CCCOc1ccc(-c2ccc3c(c2)C2C4C=CC(C4)C32)cc1. The molecule has 2 bridgehead atoms. The highest BCUT2D eigenvalue weighted by atomic mass is 16.5. The summed E-state index contributed by atoms with van der Waals surface area (Å²) in [5.74, 6) is 4.21. The number of rotatable bonds is 4. The van der Waals surface area contributed by atoms with Gasteiger partial charge in [-0.25, -0.2) is 0 Å². The van der Waals surface area contributed by atoms with Crippen molar-refractivity contribution in [1.82, 2.24) is 0 Å². The molecule has 1 saturated carbocycles. The second kappa shape index (κ2) is 4.99. The monoisotopic (exact) mass is 302 g/mol. The van der Waals surface area contributed by atoms with Crippen LogP contribution in [-0.4, -0.2) is 6.61 Å². The van der Waals surface area contributed by atoms with Crippen LogP contribution in [0, 0.1) is 11.8 Å². The Morgan fingerprint density at radius 1 is 0.870 bits per heavy atom. The minimum atomic E-state index is 0.789. The van der Waals surface area contributed by atoms with Gasteiger partial charge in [-0.15, -0.1) is 0 Å². The van der Waals surface area contributed by atoms with E-state index in [0.717, 1.165) is 42.4 Å². The fourth-order valence-corrected chi connectivity index (χ4v) is 4.88. The van der Waals surface area contributed by atoms with Crippen LogP contribution in [0.25, 0.3) is 11.1 Å². The molecule has 0 aromatic heterocycles. The summed E-state index contributed by atoms with van der Waals surface area (Å²) in [6, 6.07) is 15.7. The molecular weight excluding hydrogens is 280 g/mol. The minimum Gasteiger partial charge on any atom is -0.494 e. The van der Waals surface area contributed by atoms with Gasteiger partial charge in [0.25, 0.3) is 0 Å². The first-order valence-corrected chi connectivity index (χ1v) is 8.90. The number of allylic oxidation sites excluding steroid dienone is 2. The Kier molecular flexibility index (Phi) is 2.91. The maximum absolute atomic E-state index is 5.68. The van der Waals surface area contributed by atoms with Crippen molar-refractivity contribution in [3.8, 4) is 16.9 Å². The predicted molar refractivity (Wildman–Crippen MR) is 93.9 cm³/mol. The maximum Gasteiger partial charge on any atom is 0.119 e. The van der Waals surface area contributed by atoms with Crippen molar-refractivity contribution in [2.24, 2.45) is 11.8 Å². The average Bonchev–Trinajstić information content (AvgIpc) is 3.15. The van der Waals surface area contributed by atoms with E-state index in [9.17, 15) is 0 Å². The van der Waals surface area contributed by atoms with Crippen LogP contribution >= 0.6 is 0 Å². The fraction of sp³-hybridized carbons (Fsp3) is 0.364. The molecule has 116 valence electrons. The molecule has 0 amide bonds. The van der Waals surface area contributed by atoms with Crippen LogP contribution in [0.5, 0.6) is 5.75 Å². The fourth-order valence-electron chi connectivity index (χ4n) is 4.88. The van der Waals surface area contributed by atoms with Gasteiger partial charge in [0, 0.05) is 0 Å². The molecule has 0 heterocycles. The zero-order valence-corrected chi connectivity index (χ0v) is 13.5. The molecule has 1 nitrogen and oxygen atoms in total. The van der Waals surface area contributed by atoms with E-state index in [1.807, 2.05) is 0 Å². The maximum atomic E-state index is 5.68. The number of ether oxygens (including phenoxy) is 1. The number of fused-ring (bicyclic) bond motifs is 8. The van der Waals surface area contributed by atoms with Gasteiger partial charge in [-0.1, -0.05) is 49.4 Å². The average molecular weight is 302 g/mol. The summed E-state index contributed by atoms with van der Waals surface area (Å²) >= 11 is 0. The molecule has 0 spiro atoms. The lowest BCUT2D eigenvalue weighted by atomic mass is 9.63. The Hall–Kier alpha value is -2.02. The zero-order chi connectivity index (χ0) is 15.4. The molecule has 4 atom stereocenters. The third-order valence-corrected chi connectivity index (χ3v) is 5.92. The number of benzene rings is 2. The number of hydrogen-bond acceptors (Lipinski definition) is 1. The van der Waals surface area contributed by atoms with E-state index in [0.29, 0.717) is 0 Å². The van der Waals surface area contributed by atoms with E-state index in [1.165, 1.54) is 17.5 Å². The standard InChI is InChI=1S/C22H22O/c1-2-11-23-18-8-5-14(6-9-18)15-7-10-19-20(13-15)22-17-4-3-16(12-17)21(19)22/h3-10,13,16-17,21-22H,2,11-12H2,1H3. The smallest absolute Gasteiger partial charge is 0.119 e. The molecular formula is C22H22O. The van der Waals surface area contributed by atoms with Crippen LogP contribution in [-0.2, 0) is 0 Å². The molecule has 0 radical (unpaired) electrons. The molecule has 23 heavy (non-hydrogen) atoms. The second-order valence-corrected chi connectivity index (χ2v) is 7.22. The molecule has 1 fully saturated rings. The lowest BCUT2D eigenvalue weighted by Gasteiger charge is -2.41. The molecule has 0 saturated heterocycles. The Balaban J connectivity index is 1.43. The first kappa shape index (κ1) is 13.4. The quantitative estimate of drug-likeness (QED) is 0.675. The van der Waals surface area contributed by atoms with E-state index < -0.39 is 0 Å². The van der Waals surface area contributed by atoms with Crippen LogP contribution in [0.2, 0.25) is 0 Å². The summed E-state index contributed by atoms with van der Waals surface area (Å²) in [7, 11) is 0. The van der Waals surface area contributed by atoms with Gasteiger partial charge in [-0.2, -0.15) is 0 Å². The molecule has 5 rings (SSSR count). The summed E-state index contributed by atoms with van der Waals surface area (Å²) in [4.78, 5) is 0. The Morgan fingerprint density at radius 2 is 1.57 bits per heavy atom. The molecule has 2 aromatic rings. The van der Waals surface area contributed by atoms with Crippen molar-refractivity contribution in [2.75, 3.05) is 6.61 Å². The van der Waals surface area contributed by atoms with Gasteiger partial charge in [0.1, 0.15) is 5.75 Å². The van der Waals surface area contributed by atoms with Gasteiger partial charge in [0.15, 0.2) is 0 Å². The van der Waals surface area contributed by atoms with Crippen molar-refractivity contribution in [3.05, 3.63) is 65.7 Å². The molecule has 0 aliphatic heterocycles. The van der Waals surface area contributed by atoms with Crippen LogP contribution in [0.3, 0.4) is 0 Å². The van der Waals surface area contributed by atoms with Crippen molar-refractivity contribution < 1.29 is 4.74 Å². The summed E-state index contributed by atoms with van der Waals surface area (Å²) in [5, 5.41) is 0. The number of hydrogen-bond donors (Lipinski definition) is 0. The third kappa shape index (κ3) is 1.92. The van der Waals surface area contributed by atoms with Crippen LogP contribution < -0.4 is 4.74 Å². The van der Waals surface area contributed by atoms with Crippen LogP contribution in [0.15, 0.2) is 54.6 Å². The summed E-state index contributed by atoms with van der Waals surface area (Å²) in [6.45, 7) is 2.92. The Bertz CT molecular complexity index is 771. The van der Waals surface area contributed by atoms with Crippen molar-refractivity contribution in [3.63, 3.8) is 0 Å². The van der Waals surface area contributed by atoms with E-state index in [2.05, 4.69) is 61.5 Å². The largest absolute Gasteiger partial charge is 0.494 e. The first-order valence-electron chi connectivity index (χ1n) is 8.90. The van der Waals surface area contributed by atoms with E-state index in [-0.39, 0.29) is 0 Å².